The van der Waals surface area contributed by atoms with E-state index in [1.807, 2.05) is 30.0 Å². The van der Waals surface area contributed by atoms with Gasteiger partial charge in [-0.2, -0.15) is 0 Å². The first-order valence-corrected chi connectivity index (χ1v) is 8.41. The molecule has 0 spiro atoms. The first-order valence-electron chi connectivity index (χ1n) is 8.41. The number of hydrogen-bond acceptors (Lipinski definition) is 3. The minimum Gasteiger partial charge on any atom is -0.493 e. The van der Waals surface area contributed by atoms with Gasteiger partial charge in [-0.25, -0.2) is 4.39 Å². The van der Waals surface area contributed by atoms with Gasteiger partial charge in [0.15, 0.2) is 18.1 Å². The van der Waals surface area contributed by atoms with Crippen LogP contribution in [0.5, 0.6) is 11.5 Å². The number of amides is 1. The third-order valence-corrected chi connectivity index (χ3v) is 4.50. The van der Waals surface area contributed by atoms with Gasteiger partial charge in [0.05, 0.1) is 13.2 Å². The average molecular weight is 343 g/mol. The SMILES string of the molecule is COc1cc(C)ccc1OCC(=O)N1CCCC1c1ccc(F)cc1. The molecular formula is C20H22FNO3. The van der Waals surface area contributed by atoms with E-state index < -0.39 is 0 Å². The van der Waals surface area contributed by atoms with Gasteiger partial charge in [-0.05, 0) is 55.2 Å². The Morgan fingerprint density at radius 2 is 1.96 bits per heavy atom. The summed E-state index contributed by atoms with van der Waals surface area (Å²) >= 11 is 0. The molecule has 0 N–H and O–H groups in total. The minimum atomic E-state index is -0.269. The van der Waals surface area contributed by atoms with Crippen LogP contribution in [0.4, 0.5) is 4.39 Å². The fraction of sp³-hybridized carbons (Fsp3) is 0.350. The molecule has 1 saturated heterocycles. The lowest BCUT2D eigenvalue weighted by Crippen LogP contribution is -2.34. The van der Waals surface area contributed by atoms with Gasteiger partial charge in [0, 0.05) is 6.54 Å². The molecule has 2 aromatic rings. The Morgan fingerprint density at radius 1 is 1.20 bits per heavy atom. The van der Waals surface area contributed by atoms with Gasteiger partial charge < -0.3 is 14.4 Å². The molecule has 1 aliphatic heterocycles. The molecule has 132 valence electrons. The standard InChI is InChI=1S/C20H22FNO3/c1-14-5-10-18(19(12-14)24-2)25-13-20(23)22-11-3-4-17(22)15-6-8-16(21)9-7-15/h5-10,12,17H,3-4,11,13H2,1-2H3. The van der Waals surface area contributed by atoms with Crippen molar-refractivity contribution in [3.8, 4) is 11.5 Å². The number of aryl methyl sites for hydroxylation is 1. The fourth-order valence-electron chi connectivity index (χ4n) is 3.21. The zero-order valence-electron chi connectivity index (χ0n) is 14.5. The first kappa shape index (κ1) is 17.3. The highest BCUT2D eigenvalue weighted by atomic mass is 19.1. The van der Waals surface area contributed by atoms with Crippen molar-refractivity contribution in [3.63, 3.8) is 0 Å². The molecule has 25 heavy (non-hydrogen) atoms. The predicted molar refractivity (Wildman–Crippen MR) is 93.3 cm³/mol. The lowest BCUT2D eigenvalue weighted by atomic mass is 10.0. The molecular weight excluding hydrogens is 321 g/mol. The summed E-state index contributed by atoms with van der Waals surface area (Å²) in [6.07, 6.45) is 1.81. The molecule has 0 aromatic heterocycles. The molecule has 1 fully saturated rings. The summed E-state index contributed by atoms with van der Waals surface area (Å²) in [5.74, 6) is 0.826. The number of ether oxygens (including phenoxy) is 2. The number of nitrogens with zero attached hydrogens (tertiary/aromatic N) is 1. The second-order valence-electron chi connectivity index (χ2n) is 6.24. The highest BCUT2D eigenvalue weighted by Crippen LogP contribution is 2.33. The van der Waals surface area contributed by atoms with E-state index in [1.165, 1.54) is 12.1 Å². The quantitative estimate of drug-likeness (QED) is 0.827. The monoisotopic (exact) mass is 343 g/mol. The molecule has 3 rings (SSSR count). The van der Waals surface area contributed by atoms with Gasteiger partial charge in [-0.3, -0.25) is 4.79 Å². The summed E-state index contributed by atoms with van der Waals surface area (Å²) in [5, 5.41) is 0. The zero-order chi connectivity index (χ0) is 17.8. The Morgan fingerprint density at radius 3 is 2.68 bits per heavy atom. The lowest BCUT2D eigenvalue weighted by molar-refractivity contribution is -0.134. The maximum absolute atomic E-state index is 13.1. The van der Waals surface area contributed by atoms with Crippen LogP contribution in [-0.2, 0) is 4.79 Å². The van der Waals surface area contributed by atoms with Crippen LogP contribution in [0, 0.1) is 12.7 Å². The summed E-state index contributed by atoms with van der Waals surface area (Å²) in [5.41, 5.74) is 2.02. The van der Waals surface area contributed by atoms with Crippen molar-refractivity contribution >= 4 is 5.91 Å². The Labute approximate surface area is 147 Å². The van der Waals surface area contributed by atoms with E-state index in [9.17, 15) is 9.18 Å². The zero-order valence-corrected chi connectivity index (χ0v) is 14.5. The molecule has 0 bridgehead atoms. The number of rotatable bonds is 5. The summed E-state index contributed by atoms with van der Waals surface area (Å²) in [6.45, 7) is 2.61. The van der Waals surface area contributed by atoms with Gasteiger partial charge in [-0.1, -0.05) is 18.2 Å². The predicted octanol–water partition coefficient (Wildman–Crippen LogP) is 3.89. The maximum atomic E-state index is 13.1. The average Bonchev–Trinajstić information content (AvgIpc) is 3.10. The maximum Gasteiger partial charge on any atom is 0.261 e. The number of carbonyl (C=O) groups excluding carboxylic acids is 1. The Bertz CT molecular complexity index is 745. The highest BCUT2D eigenvalue weighted by Gasteiger charge is 2.30. The first-order chi connectivity index (χ1) is 12.1. The fourth-order valence-corrected chi connectivity index (χ4v) is 3.21. The second-order valence-corrected chi connectivity index (χ2v) is 6.24. The summed E-state index contributed by atoms with van der Waals surface area (Å²) in [6, 6.07) is 11.9. The molecule has 2 aromatic carbocycles. The number of likely N-dealkylation sites (tertiary alicyclic amines) is 1. The summed E-state index contributed by atoms with van der Waals surface area (Å²) in [7, 11) is 1.58. The van der Waals surface area contributed by atoms with Crippen LogP contribution < -0.4 is 9.47 Å². The second kappa shape index (κ2) is 7.55. The van der Waals surface area contributed by atoms with E-state index in [1.54, 1.807) is 19.2 Å². The third kappa shape index (κ3) is 3.92. The Balaban J connectivity index is 1.67. The molecule has 0 saturated carbocycles. The highest BCUT2D eigenvalue weighted by molar-refractivity contribution is 5.78. The van der Waals surface area contributed by atoms with Gasteiger partial charge in [0.25, 0.3) is 5.91 Å². The molecule has 1 amide bonds. The largest absolute Gasteiger partial charge is 0.493 e. The van der Waals surface area contributed by atoms with Crippen LogP contribution in [0.15, 0.2) is 42.5 Å². The summed E-state index contributed by atoms with van der Waals surface area (Å²) in [4.78, 5) is 14.4. The van der Waals surface area contributed by atoms with Crippen molar-refractivity contribution in [2.24, 2.45) is 0 Å². The van der Waals surface area contributed by atoms with Gasteiger partial charge in [0.1, 0.15) is 5.82 Å². The van der Waals surface area contributed by atoms with Crippen LogP contribution in [-0.4, -0.2) is 31.1 Å². The van der Waals surface area contributed by atoms with E-state index >= 15 is 0 Å². The van der Waals surface area contributed by atoms with E-state index in [4.69, 9.17) is 9.47 Å². The van der Waals surface area contributed by atoms with Crippen LogP contribution in [0.2, 0.25) is 0 Å². The molecule has 0 aliphatic carbocycles. The number of carbonyl (C=O) groups is 1. The number of hydrogen-bond donors (Lipinski definition) is 0. The van der Waals surface area contributed by atoms with E-state index in [0.717, 1.165) is 24.0 Å². The van der Waals surface area contributed by atoms with Gasteiger partial charge >= 0.3 is 0 Å². The molecule has 1 atom stereocenters. The van der Waals surface area contributed by atoms with E-state index in [0.29, 0.717) is 18.0 Å². The van der Waals surface area contributed by atoms with Crippen molar-refractivity contribution in [1.29, 1.82) is 0 Å². The number of methoxy groups -OCH3 is 1. The molecule has 1 aliphatic rings. The smallest absolute Gasteiger partial charge is 0.261 e. The number of benzene rings is 2. The van der Waals surface area contributed by atoms with Crippen LogP contribution in [0.3, 0.4) is 0 Å². The van der Waals surface area contributed by atoms with Crippen molar-refractivity contribution in [3.05, 3.63) is 59.4 Å². The van der Waals surface area contributed by atoms with Crippen molar-refractivity contribution in [1.82, 2.24) is 4.90 Å². The van der Waals surface area contributed by atoms with Crippen LogP contribution in [0.25, 0.3) is 0 Å². The van der Waals surface area contributed by atoms with E-state index in [2.05, 4.69) is 0 Å². The molecule has 4 nitrogen and oxygen atoms in total. The minimum absolute atomic E-state index is 0.0170. The Kier molecular flexibility index (Phi) is 5.22. The van der Waals surface area contributed by atoms with Crippen molar-refractivity contribution in [2.75, 3.05) is 20.3 Å². The third-order valence-electron chi connectivity index (χ3n) is 4.50. The van der Waals surface area contributed by atoms with Gasteiger partial charge in [-0.15, -0.1) is 0 Å². The lowest BCUT2D eigenvalue weighted by Gasteiger charge is -2.25. The Hall–Kier alpha value is -2.56. The van der Waals surface area contributed by atoms with E-state index in [-0.39, 0.29) is 24.4 Å². The molecule has 5 heteroatoms. The van der Waals surface area contributed by atoms with Crippen molar-refractivity contribution in [2.45, 2.75) is 25.8 Å². The summed E-state index contributed by atoms with van der Waals surface area (Å²) < 4.78 is 24.1. The van der Waals surface area contributed by atoms with Crippen LogP contribution in [0.1, 0.15) is 30.0 Å². The number of halogens is 1. The van der Waals surface area contributed by atoms with Gasteiger partial charge in [0.2, 0.25) is 0 Å². The normalized spacial score (nSPS) is 16.8. The van der Waals surface area contributed by atoms with Crippen molar-refractivity contribution < 1.29 is 18.7 Å². The van der Waals surface area contributed by atoms with Crippen LogP contribution >= 0.6 is 0 Å². The molecule has 1 unspecified atom stereocenters. The molecule has 0 radical (unpaired) electrons. The molecule has 1 heterocycles. The topological polar surface area (TPSA) is 38.8 Å².